The molecule has 2 N–H and O–H groups in total. The topological polar surface area (TPSA) is 88.0 Å². The maximum Gasteiger partial charge on any atom is 0.115 e. The van der Waals surface area contributed by atoms with Gasteiger partial charge in [-0.3, -0.25) is 0 Å². The molecule has 106 valence electrons. The van der Waals surface area contributed by atoms with Crippen molar-refractivity contribution in [3.05, 3.63) is 70.8 Å². The Morgan fingerprint density at radius 1 is 0.682 bits per heavy atom. The Morgan fingerprint density at radius 2 is 1.00 bits per heavy atom. The molecule has 4 heteroatoms. The summed E-state index contributed by atoms with van der Waals surface area (Å²) in [4.78, 5) is 0. The van der Waals surface area contributed by atoms with Crippen LogP contribution in [-0.2, 0) is 0 Å². The molecule has 22 heavy (non-hydrogen) atoms. The largest absolute Gasteiger partial charge is 0.508 e. The minimum Gasteiger partial charge on any atom is -0.508 e. The highest BCUT2D eigenvalue weighted by Crippen LogP contribution is 2.19. The van der Waals surface area contributed by atoms with Gasteiger partial charge in [-0.25, -0.2) is 0 Å². The zero-order valence-corrected chi connectivity index (χ0v) is 11.6. The standard InChI is InChI=1S/C18H12N2O2/c19-11-15(9-13-1-5-17(21)6-2-13)16(12-20)10-14-3-7-18(22)8-4-14/h1-10,21-22H/b15-9+,16-10+. The van der Waals surface area contributed by atoms with Crippen molar-refractivity contribution in [2.24, 2.45) is 0 Å². The maximum atomic E-state index is 9.27. The highest BCUT2D eigenvalue weighted by atomic mass is 16.3. The number of aromatic hydroxyl groups is 2. The Morgan fingerprint density at radius 3 is 1.27 bits per heavy atom. The average Bonchev–Trinajstić information content (AvgIpc) is 2.54. The van der Waals surface area contributed by atoms with Crippen LogP contribution in [-0.4, -0.2) is 10.2 Å². The number of phenolic OH excluding ortho intramolecular Hbond substituents is 2. The van der Waals surface area contributed by atoms with Crippen LogP contribution in [0.5, 0.6) is 11.5 Å². The monoisotopic (exact) mass is 288 g/mol. The molecule has 0 aromatic heterocycles. The van der Waals surface area contributed by atoms with Gasteiger partial charge in [0.25, 0.3) is 0 Å². The van der Waals surface area contributed by atoms with Gasteiger partial charge in [-0.2, -0.15) is 10.5 Å². The molecule has 0 atom stereocenters. The zero-order chi connectivity index (χ0) is 15.9. The molecule has 0 aliphatic rings. The second-order valence-corrected chi connectivity index (χ2v) is 4.52. The van der Waals surface area contributed by atoms with E-state index in [9.17, 15) is 20.7 Å². The first-order valence-electron chi connectivity index (χ1n) is 6.44. The van der Waals surface area contributed by atoms with Crippen molar-refractivity contribution in [3.8, 4) is 23.6 Å². The van der Waals surface area contributed by atoms with Gasteiger partial charge in [0.05, 0.1) is 11.1 Å². The van der Waals surface area contributed by atoms with Crippen molar-refractivity contribution in [1.29, 1.82) is 10.5 Å². The van der Waals surface area contributed by atoms with Crippen molar-refractivity contribution < 1.29 is 10.2 Å². The third kappa shape index (κ3) is 3.75. The molecule has 0 unspecified atom stereocenters. The van der Waals surface area contributed by atoms with E-state index >= 15 is 0 Å². The first-order chi connectivity index (χ1) is 10.6. The Bertz CT molecular complexity index is 731. The molecule has 0 heterocycles. The van der Waals surface area contributed by atoms with E-state index in [0.29, 0.717) is 11.1 Å². The second-order valence-electron chi connectivity index (χ2n) is 4.52. The second kappa shape index (κ2) is 6.78. The van der Waals surface area contributed by atoms with Crippen molar-refractivity contribution in [2.75, 3.05) is 0 Å². The number of hydrogen-bond donors (Lipinski definition) is 2. The predicted octanol–water partition coefficient (Wildman–Crippen LogP) is 3.61. The summed E-state index contributed by atoms with van der Waals surface area (Å²) in [6.07, 6.45) is 3.16. The molecule has 0 saturated carbocycles. The van der Waals surface area contributed by atoms with E-state index in [1.807, 2.05) is 12.1 Å². The average molecular weight is 288 g/mol. The Balaban J connectivity index is 2.39. The Labute approximate surface area is 128 Å². The highest BCUT2D eigenvalue weighted by molar-refractivity contribution is 5.74. The smallest absolute Gasteiger partial charge is 0.115 e. The van der Waals surface area contributed by atoms with Crippen LogP contribution in [0.1, 0.15) is 11.1 Å². The molecule has 0 radical (unpaired) electrons. The van der Waals surface area contributed by atoms with Gasteiger partial charge in [-0.05, 0) is 47.5 Å². The molecular formula is C18H12N2O2. The number of allylic oxidation sites excluding steroid dienone is 2. The third-order valence-corrected chi connectivity index (χ3v) is 2.94. The van der Waals surface area contributed by atoms with E-state index in [-0.39, 0.29) is 22.6 Å². The van der Waals surface area contributed by atoms with Crippen molar-refractivity contribution in [1.82, 2.24) is 0 Å². The van der Waals surface area contributed by atoms with E-state index in [0.717, 1.165) is 0 Å². The van der Waals surface area contributed by atoms with Gasteiger partial charge >= 0.3 is 0 Å². The summed E-state index contributed by atoms with van der Waals surface area (Å²) in [5, 5.41) is 37.0. The van der Waals surface area contributed by atoms with Crippen LogP contribution in [0.15, 0.2) is 59.7 Å². The van der Waals surface area contributed by atoms with Gasteiger partial charge in [0.1, 0.15) is 23.6 Å². The number of rotatable bonds is 3. The predicted molar refractivity (Wildman–Crippen MR) is 83.4 cm³/mol. The first-order valence-corrected chi connectivity index (χ1v) is 6.44. The number of nitriles is 2. The molecule has 0 spiro atoms. The summed E-state index contributed by atoms with van der Waals surface area (Å²) in [7, 11) is 0. The summed E-state index contributed by atoms with van der Waals surface area (Å²) in [5.74, 6) is 0.270. The molecule has 2 aromatic carbocycles. The summed E-state index contributed by atoms with van der Waals surface area (Å²) in [6, 6.07) is 16.7. The molecule has 0 fully saturated rings. The summed E-state index contributed by atoms with van der Waals surface area (Å²) in [6.45, 7) is 0. The van der Waals surface area contributed by atoms with E-state index in [2.05, 4.69) is 0 Å². The lowest BCUT2D eigenvalue weighted by molar-refractivity contribution is 0.474. The summed E-state index contributed by atoms with van der Waals surface area (Å²) < 4.78 is 0. The third-order valence-electron chi connectivity index (χ3n) is 2.94. The zero-order valence-electron chi connectivity index (χ0n) is 11.6. The lowest BCUT2D eigenvalue weighted by Crippen LogP contribution is -1.85. The molecule has 0 aliphatic carbocycles. The molecule has 2 aromatic rings. The minimum absolute atomic E-state index is 0.135. The first kappa shape index (κ1) is 14.9. The van der Waals surface area contributed by atoms with E-state index in [1.165, 1.54) is 24.3 Å². The number of hydrogen-bond acceptors (Lipinski definition) is 4. The van der Waals surface area contributed by atoms with Crippen LogP contribution in [0.2, 0.25) is 0 Å². The van der Waals surface area contributed by atoms with Gasteiger partial charge in [0.15, 0.2) is 0 Å². The highest BCUT2D eigenvalue weighted by Gasteiger charge is 2.05. The molecule has 0 bridgehead atoms. The van der Waals surface area contributed by atoms with Gasteiger partial charge < -0.3 is 10.2 Å². The fourth-order valence-corrected chi connectivity index (χ4v) is 1.81. The molecule has 0 amide bonds. The van der Waals surface area contributed by atoms with Gasteiger partial charge in [-0.15, -0.1) is 0 Å². The fraction of sp³-hybridized carbons (Fsp3) is 0. The van der Waals surface area contributed by atoms with Gasteiger partial charge in [-0.1, -0.05) is 24.3 Å². The van der Waals surface area contributed by atoms with Crippen LogP contribution >= 0.6 is 0 Å². The van der Waals surface area contributed by atoms with Crippen LogP contribution in [0.25, 0.3) is 12.2 Å². The lowest BCUT2D eigenvalue weighted by atomic mass is 10.0. The Kier molecular flexibility index (Phi) is 4.59. The van der Waals surface area contributed by atoms with Crippen molar-refractivity contribution >= 4 is 12.2 Å². The SMILES string of the molecule is N#CC(=C\c1ccc(O)cc1)/C(C#N)=C/c1ccc(O)cc1. The minimum atomic E-state index is 0.135. The summed E-state index contributed by atoms with van der Waals surface area (Å²) >= 11 is 0. The quantitative estimate of drug-likeness (QED) is 0.667. The molecular weight excluding hydrogens is 276 g/mol. The summed E-state index contributed by atoms with van der Waals surface area (Å²) in [5.41, 5.74) is 1.87. The number of benzene rings is 2. The van der Waals surface area contributed by atoms with Crippen LogP contribution < -0.4 is 0 Å². The van der Waals surface area contributed by atoms with Crippen LogP contribution in [0.3, 0.4) is 0 Å². The number of nitrogens with zero attached hydrogens (tertiary/aromatic N) is 2. The molecule has 0 saturated heterocycles. The normalized spacial score (nSPS) is 11.5. The molecule has 4 nitrogen and oxygen atoms in total. The molecule has 0 aliphatic heterocycles. The van der Waals surface area contributed by atoms with Crippen molar-refractivity contribution in [3.63, 3.8) is 0 Å². The lowest BCUT2D eigenvalue weighted by Gasteiger charge is -2.00. The van der Waals surface area contributed by atoms with E-state index in [4.69, 9.17) is 0 Å². The Hall–Kier alpha value is -3.50. The van der Waals surface area contributed by atoms with Crippen LogP contribution in [0, 0.1) is 22.7 Å². The van der Waals surface area contributed by atoms with Crippen LogP contribution in [0.4, 0.5) is 0 Å². The van der Waals surface area contributed by atoms with E-state index in [1.54, 1.807) is 36.4 Å². The fourth-order valence-electron chi connectivity index (χ4n) is 1.81. The van der Waals surface area contributed by atoms with E-state index < -0.39 is 0 Å². The van der Waals surface area contributed by atoms with Gasteiger partial charge in [0, 0.05) is 0 Å². The number of phenols is 2. The molecule has 2 rings (SSSR count). The van der Waals surface area contributed by atoms with Crippen molar-refractivity contribution in [2.45, 2.75) is 0 Å². The maximum absolute atomic E-state index is 9.27. The van der Waals surface area contributed by atoms with Gasteiger partial charge in [0.2, 0.25) is 0 Å².